The number of nitrogens with zero attached hydrogens (tertiary/aromatic N) is 1. The molecule has 3 rings (SSSR count). The molecule has 4 nitrogen and oxygen atoms in total. The van der Waals surface area contributed by atoms with E-state index in [1.54, 1.807) is 6.08 Å². The van der Waals surface area contributed by atoms with Crippen LogP contribution in [0.25, 0.3) is 0 Å². The van der Waals surface area contributed by atoms with E-state index in [2.05, 4.69) is 0 Å². The summed E-state index contributed by atoms with van der Waals surface area (Å²) in [4.78, 5) is 26.3. The van der Waals surface area contributed by atoms with Gasteiger partial charge in [0.2, 0.25) is 5.91 Å². The van der Waals surface area contributed by atoms with Gasteiger partial charge in [-0.15, -0.1) is 0 Å². The first-order valence-corrected chi connectivity index (χ1v) is 8.34. The van der Waals surface area contributed by atoms with E-state index < -0.39 is 12.1 Å². The van der Waals surface area contributed by atoms with E-state index in [1.807, 2.05) is 60.7 Å². The molecule has 0 atom stereocenters. The third-order valence-electron chi connectivity index (χ3n) is 3.84. The van der Waals surface area contributed by atoms with Gasteiger partial charge >= 0.3 is 5.97 Å². The Morgan fingerprint density at radius 3 is 2.12 bits per heavy atom. The molecule has 0 fully saturated rings. The lowest BCUT2D eigenvalue weighted by Crippen LogP contribution is -2.35. The summed E-state index contributed by atoms with van der Waals surface area (Å²) in [7, 11) is 0. The van der Waals surface area contributed by atoms with Crippen molar-refractivity contribution in [1.29, 1.82) is 0 Å². The number of amides is 1. The fraction of sp³-hybridized carbons (Fsp3) is 0.150. The van der Waals surface area contributed by atoms with Crippen LogP contribution in [-0.2, 0) is 14.3 Å². The first-order valence-electron chi connectivity index (χ1n) is 7.93. The molecule has 126 valence electrons. The summed E-state index contributed by atoms with van der Waals surface area (Å²) in [6.45, 7) is -0.131. The molecule has 0 radical (unpaired) electrons. The van der Waals surface area contributed by atoms with Crippen molar-refractivity contribution < 1.29 is 14.3 Å². The Balaban J connectivity index is 1.76. The van der Waals surface area contributed by atoms with Crippen LogP contribution in [0.5, 0.6) is 0 Å². The molecule has 1 aliphatic rings. The smallest absolute Gasteiger partial charge is 0.327 e. The Morgan fingerprint density at radius 1 is 1.04 bits per heavy atom. The molecule has 0 N–H and O–H groups in total. The minimum Gasteiger partial charge on any atom is -0.451 e. The van der Waals surface area contributed by atoms with Crippen LogP contribution in [0.15, 0.2) is 72.9 Å². The number of thiocarbonyl (C=S) groups is 1. The third kappa shape index (κ3) is 4.39. The summed E-state index contributed by atoms with van der Waals surface area (Å²) >= 11 is 5.00. The van der Waals surface area contributed by atoms with Crippen molar-refractivity contribution in [3.8, 4) is 0 Å². The van der Waals surface area contributed by atoms with Crippen LogP contribution in [0.4, 0.5) is 0 Å². The van der Waals surface area contributed by atoms with Gasteiger partial charge in [0.05, 0.1) is 6.42 Å². The van der Waals surface area contributed by atoms with Crippen molar-refractivity contribution in [2.45, 2.75) is 12.5 Å². The van der Waals surface area contributed by atoms with Crippen LogP contribution in [0.2, 0.25) is 0 Å². The Labute approximate surface area is 151 Å². The van der Waals surface area contributed by atoms with Gasteiger partial charge in [0.1, 0.15) is 6.54 Å². The molecule has 2 aromatic rings. The summed E-state index contributed by atoms with van der Waals surface area (Å²) in [6.07, 6.45) is 2.84. The maximum Gasteiger partial charge on any atom is 0.327 e. The first-order chi connectivity index (χ1) is 12.1. The molecule has 0 saturated carbocycles. The lowest BCUT2D eigenvalue weighted by atomic mass is 10.0. The molecule has 25 heavy (non-hydrogen) atoms. The van der Waals surface area contributed by atoms with E-state index in [0.29, 0.717) is 4.86 Å². The number of allylic oxidation sites excluding steroid dienone is 1. The Bertz CT molecular complexity index is 763. The Morgan fingerprint density at radius 2 is 1.60 bits per heavy atom. The molecule has 0 unspecified atom stereocenters. The molecule has 1 amide bonds. The van der Waals surface area contributed by atoms with Gasteiger partial charge in [-0.1, -0.05) is 72.9 Å². The molecule has 2 aromatic carbocycles. The topological polar surface area (TPSA) is 46.6 Å². The molecule has 0 aromatic heterocycles. The van der Waals surface area contributed by atoms with Gasteiger partial charge in [-0.2, -0.15) is 0 Å². The second kappa shape index (κ2) is 7.85. The lowest BCUT2D eigenvalue weighted by molar-refractivity contribution is -0.151. The predicted molar refractivity (Wildman–Crippen MR) is 98.9 cm³/mol. The second-order valence-corrected chi connectivity index (χ2v) is 6.20. The zero-order valence-corrected chi connectivity index (χ0v) is 14.3. The number of esters is 1. The standard InChI is InChI=1S/C20H17NO3S/c22-18-13-17(25)11-12-21(18)14-19(23)24-20(15-7-3-1-4-8-15)16-9-5-2-6-10-16/h1-12,20H,13-14H2. The molecular weight excluding hydrogens is 334 g/mol. The lowest BCUT2D eigenvalue weighted by Gasteiger charge is -2.23. The van der Waals surface area contributed by atoms with E-state index in [-0.39, 0.29) is 18.9 Å². The summed E-state index contributed by atoms with van der Waals surface area (Å²) in [5, 5.41) is 0. The molecule has 1 aliphatic heterocycles. The summed E-state index contributed by atoms with van der Waals surface area (Å²) in [5.74, 6) is -0.663. The fourth-order valence-corrected chi connectivity index (χ4v) is 2.78. The highest BCUT2D eigenvalue weighted by molar-refractivity contribution is 7.80. The highest BCUT2D eigenvalue weighted by Gasteiger charge is 2.23. The van der Waals surface area contributed by atoms with Gasteiger partial charge in [0.15, 0.2) is 6.10 Å². The number of hydrogen-bond acceptors (Lipinski definition) is 4. The van der Waals surface area contributed by atoms with Crippen molar-refractivity contribution in [2.24, 2.45) is 0 Å². The summed E-state index contributed by atoms with van der Waals surface area (Å²) in [5.41, 5.74) is 1.76. The number of carbonyl (C=O) groups excluding carboxylic acids is 2. The van der Waals surface area contributed by atoms with Gasteiger partial charge in [-0.3, -0.25) is 9.59 Å². The van der Waals surface area contributed by atoms with Crippen molar-refractivity contribution in [1.82, 2.24) is 4.90 Å². The molecular formula is C20H17NO3S. The van der Waals surface area contributed by atoms with Gasteiger partial charge in [-0.25, -0.2) is 0 Å². The highest BCUT2D eigenvalue weighted by Crippen LogP contribution is 2.26. The largest absolute Gasteiger partial charge is 0.451 e. The van der Waals surface area contributed by atoms with E-state index in [9.17, 15) is 9.59 Å². The molecule has 0 bridgehead atoms. The van der Waals surface area contributed by atoms with Crippen LogP contribution in [0, 0.1) is 0 Å². The summed E-state index contributed by atoms with van der Waals surface area (Å²) < 4.78 is 5.70. The quantitative estimate of drug-likeness (QED) is 0.612. The van der Waals surface area contributed by atoms with Crippen LogP contribution in [0.1, 0.15) is 23.7 Å². The second-order valence-electron chi connectivity index (χ2n) is 5.67. The van der Waals surface area contributed by atoms with Gasteiger partial charge in [0.25, 0.3) is 0 Å². The van der Waals surface area contributed by atoms with Crippen LogP contribution in [0.3, 0.4) is 0 Å². The Kier molecular flexibility index (Phi) is 5.36. The molecule has 1 heterocycles. The van der Waals surface area contributed by atoms with Gasteiger partial charge in [-0.05, 0) is 17.2 Å². The average molecular weight is 351 g/mol. The number of carbonyl (C=O) groups is 2. The normalized spacial score (nSPS) is 14.0. The summed E-state index contributed by atoms with van der Waals surface area (Å²) in [6, 6.07) is 19.1. The van der Waals surface area contributed by atoms with Crippen LogP contribution < -0.4 is 0 Å². The molecule has 0 spiro atoms. The predicted octanol–water partition coefficient (Wildman–Crippen LogP) is 3.44. The Hall–Kier alpha value is -2.79. The maximum atomic E-state index is 12.4. The third-order valence-corrected chi connectivity index (χ3v) is 4.12. The van der Waals surface area contributed by atoms with Gasteiger partial charge < -0.3 is 9.64 Å². The van der Waals surface area contributed by atoms with E-state index in [4.69, 9.17) is 17.0 Å². The fourth-order valence-electron chi connectivity index (χ4n) is 2.60. The van der Waals surface area contributed by atoms with Crippen molar-refractivity contribution in [2.75, 3.05) is 6.54 Å². The minimum absolute atomic E-state index is 0.131. The molecule has 5 heteroatoms. The van der Waals surface area contributed by atoms with Crippen LogP contribution >= 0.6 is 12.2 Å². The zero-order chi connectivity index (χ0) is 17.6. The van der Waals surface area contributed by atoms with E-state index in [0.717, 1.165) is 11.1 Å². The highest BCUT2D eigenvalue weighted by atomic mass is 32.1. The van der Waals surface area contributed by atoms with Crippen molar-refractivity contribution in [3.63, 3.8) is 0 Å². The minimum atomic E-state index is -0.514. The number of hydrogen-bond donors (Lipinski definition) is 0. The van der Waals surface area contributed by atoms with Crippen LogP contribution in [-0.4, -0.2) is 28.2 Å². The average Bonchev–Trinajstić information content (AvgIpc) is 2.63. The van der Waals surface area contributed by atoms with Crippen molar-refractivity contribution in [3.05, 3.63) is 84.1 Å². The number of benzene rings is 2. The van der Waals surface area contributed by atoms with Gasteiger partial charge in [0, 0.05) is 11.1 Å². The maximum absolute atomic E-state index is 12.4. The number of rotatable bonds is 5. The van der Waals surface area contributed by atoms with E-state index in [1.165, 1.54) is 11.1 Å². The van der Waals surface area contributed by atoms with Crippen molar-refractivity contribution >= 4 is 29.0 Å². The number of ether oxygens (including phenoxy) is 1. The first kappa shape index (κ1) is 17.0. The van der Waals surface area contributed by atoms with E-state index >= 15 is 0 Å². The zero-order valence-electron chi connectivity index (χ0n) is 13.5. The monoisotopic (exact) mass is 351 g/mol. The molecule has 0 aliphatic carbocycles. The SMILES string of the molecule is O=C(CN1C=CC(=S)CC1=O)OC(c1ccccc1)c1ccccc1. The molecule has 0 saturated heterocycles.